The molecule has 1 fully saturated rings. The van der Waals surface area contributed by atoms with Crippen LogP contribution >= 0.6 is 11.8 Å². The third-order valence-electron chi connectivity index (χ3n) is 5.38. The summed E-state index contributed by atoms with van der Waals surface area (Å²) in [5, 5.41) is 13.6. The smallest absolute Gasteiger partial charge is 0.266 e. The summed E-state index contributed by atoms with van der Waals surface area (Å²) in [4.78, 5) is 14.7. The lowest BCUT2D eigenvalue weighted by atomic mass is 9.92. The van der Waals surface area contributed by atoms with Crippen molar-refractivity contribution < 1.29 is 0 Å². The molecule has 4 heterocycles. The van der Waals surface area contributed by atoms with E-state index in [4.69, 9.17) is 0 Å². The molecule has 6 nitrogen and oxygen atoms in total. The molecule has 2 aromatic heterocycles. The molecule has 0 saturated carbocycles. The summed E-state index contributed by atoms with van der Waals surface area (Å²) in [5.74, 6) is 3.09. The largest absolute Gasteiger partial charge is 0.350 e. The summed E-state index contributed by atoms with van der Waals surface area (Å²) in [6, 6.07) is 5.92. The van der Waals surface area contributed by atoms with E-state index >= 15 is 0 Å². The first-order valence-corrected chi connectivity index (χ1v) is 10.9. The molecular weight excluding hydrogens is 358 g/mol. The highest BCUT2D eigenvalue weighted by atomic mass is 32.2. The maximum Gasteiger partial charge on any atom is 0.266 e. The molecule has 2 aliphatic heterocycles. The SMILES string of the molecule is CC(C)(C)c1ccc(=O)n(CC2CCCN2c2cc3c(nn2)CCSC3)n1. The van der Waals surface area contributed by atoms with Gasteiger partial charge in [-0.3, -0.25) is 4.79 Å². The Morgan fingerprint density at radius 3 is 2.93 bits per heavy atom. The molecule has 0 aliphatic carbocycles. The highest BCUT2D eigenvalue weighted by molar-refractivity contribution is 7.98. The van der Waals surface area contributed by atoms with Crippen LogP contribution in [0.2, 0.25) is 0 Å². The normalized spacial score (nSPS) is 20.0. The van der Waals surface area contributed by atoms with E-state index in [-0.39, 0.29) is 17.0 Å². The molecule has 1 atom stereocenters. The molecule has 4 rings (SSSR count). The van der Waals surface area contributed by atoms with Crippen LogP contribution in [-0.2, 0) is 24.1 Å². The molecule has 0 spiro atoms. The molecule has 2 aromatic rings. The van der Waals surface area contributed by atoms with Gasteiger partial charge in [0.1, 0.15) is 0 Å². The van der Waals surface area contributed by atoms with E-state index in [2.05, 4.69) is 47.0 Å². The Hall–Kier alpha value is -1.89. The fourth-order valence-electron chi connectivity index (χ4n) is 3.78. The fraction of sp³-hybridized carbons (Fsp3) is 0.600. The summed E-state index contributed by atoms with van der Waals surface area (Å²) in [6.07, 6.45) is 3.16. The number of hydrogen-bond donors (Lipinski definition) is 0. The summed E-state index contributed by atoms with van der Waals surface area (Å²) in [5.41, 5.74) is 3.28. The lowest BCUT2D eigenvalue weighted by Gasteiger charge is -2.27. The van der Waals surface area contributed by atoms with Crippen LogP contribution in [0.3, 0.4) is 0 Å². The molecule has 1 saturated heterocycles. The zero-order chi connectivity index (χ0) is 19.0. The van der Waals surface area contributed by atoms with Gasteiger partial charge in [-0.2, -0.15) is 22.0 Å². The number of thioether (sulfide) groups is 1. The monoisotopic (exact) mass is 385 g/mol. The molecule has 2 aliphatic rings. The quantitative estimate of drug-likeness (QED) is 0.810. The number of rotatable bonds is 3. The molecule has 0 aromatic carbocycles. The van der Waals surface area contributed by atoms with Crippen molar-refractivity contribution in [3.05, 3.63) is 45.5 Å². The Bertz CT molecular complexity index is 889. The molecular formula is C20H27N5OS. The third kappa shape index (κ3) is 3.88. The van der Waals surface area contributed by atoms with Gasteiger partial charge in [0.15, 0.2) is 5.82 Å². The van der Waals surface area contributed by atoms with Crippen LogP contribution in [0, 0.1) is 0 Å². The molecule has 144 valence electrons. The summed E-state index contributed by atoms with van der Waals surface area (Å²) >= 11 is 1.96. The van der Waals surface area contributed by atoms with Crippen LogP contribution in [0.5, 0.6) is 0 Å². The van der Waals surface area contributed by atoms with Gasteiger partial charge < -0.3 is 4.90 Å². The van der Waals surface area contributed by atoms with Crippen LogP contribution in [-0.4, -0.2) is 38.3 Å². The maximum absolute atomic E-state index is 12.4. The number of hydrogen-bond acceptors (Lipinski definition) is 6. The second-order valence-corrected chi connectivity index (χ2v) is 9.56. The van der Waals surface area contributed by atoms with Gasteiger partial charge in [-0.1, -0.05) is 20.8 Å². The average Bonchev–Trinajstić information content (AvgIpc) is 3.10. The zero-order valence-electron chi connectivity index (χ0n) is 16.3. The number of aromatic nitrogens is 4. The van der Waals surface area contributed by atoms with Crippen LogP contribution in [0.1, 0.15) is 50.6 Å². The van der Waals surface area contributed by atoms with Crippen LogP contribution in [0.25, 0.3) is 0 Å². The first kappa shape index (κ1) is 18.5. The Morgan fingerprint density at radius 2 is 2.11 bits per heavy atom. The van der Waals surface area contributed by atoms with Gasteiger partial charge in [0.25, 0.3) is 5.56 Å². The molecule has 0 N–H and O–H groups in total. The number of anilines is 1. The Balaban J connectivity index is 1.58. The number of aryl methyl sites for hydroxylation is 1. The topological polar surface area (TPSA) is 63.9 Å². The number of nitrogens with zero attached hydrogens (tertiary/aromatic N) is 5. The van der Waals surface area contributed by atoms with E-state index in [1.807, 2.05) is 17.8 Å². The van der Waals surface area contributed by atoms with Crippen LogP contribution < -0.4 is 10.5 Å². The third-order valence-corrected chi connectivity index (χ3v) is 6.39. The average molecular weight is 386 g/mol. The van der Waals surface area contributed by atoms with Crippen molar-refractivity contribution in [2.75, 3.05) is 17.2 Å². The molecule has 27 heavy (non-hydrogen) atoms. The second kappa shape index (κ2) is 7.26. The Kier molecular flexibility index (Phi) is 4.97. The van der Waals surface area contributed by atoms with Gasteiger partial charge in [-0.25, -0.2) is 4.68 Å². The van der Waals surface area contributed by atoms with E-state index in [1.165, 1.54) is 5.56 Å². The minimum atomic E-state index is -0.0769. The van der Waals surface area contributed by atoms with E-state index in [0.29, 0.717) is 6.54 Å². The van der Waals surface area contributed by atoms with Crippen molar-refractivity contribution in [3.8, 4) is 0 Å². The van der Waals surface area contributed by atoms with Gasteiger partial charge in [-0.05, 0) is 36.3 Å². The first-order valence-electron chi connectivity index (χ1n) is 9.70. The van der Waals surface area contributed by atoms with Crippen molar-refractivity contribution in [3.63, 3.8) is 0 Å². The van der Waals surface area contributed by atoms with Gasteiger partial charge in [0.05, 0.1) is 24.0 Å². The summed E-state index contributed by atoms with van der Waals surface area (Å²) in [7, 11) is 0. The minimum Gasteiger partial charge on any atom is -0.350 e. The zero-order valence-corrected chi connectivity index (χ0v) is 17.1. The molecule has 0 bridgehead atoms. The standard InChI is InChI=1S/C20H27N5OS/c1-20(2,3)17-6-7-19(26)25(23-17)12-15-5-4-9-24(15)18-11-14-13-27-10-8-16(14)21-22-18/h6-7,11,15H,4-5,8-10,12-13H2,1-3H3. The van der Waals surface area contributed by atoms with E-state index in [0.717, 1.165) is 54.5 Å². The van der Waals surface area contributed by atoms with Gasteiger partial charge in [0, 0.05) is 30.2 Å². The lowest BCUT2D eigenvalue weighted by Crippen LogP contribution is -2.38. The van der Waals surface area contributed by atoms with Crippen molar-refractivity contribution in [2.45, 2.75) is 63.8 Å². The first-order chi connectivity index (χ1) is 12.9. The van der Waals surface area contributed by atoms with Crippen molar-refractivity contribution >= 4 is 17.6 Å². The van der Waals surface area contributed by atoms with Crippen LogP contribution in [0.4, 0.5) is 5.82 Å². The summed E-state index contributed by atoms with van der Waals surface area (Å²) in [6.45, 7) is 7.90. The van der Waals surface area contributed by atoms with Gasteiger partial charge in [0.2, 0.25) is 0 Å². The second-order valence-electron chi connectivity index (χ2n) is 8.46. The highest BCUT2D eigenvalue weighted by Gasteiger charge is 2.28. The maximum atomic E-state index is 12.4. The van der Waals surface area contributed by atoms with Crippen molar-refractivity contribution in [2.24, 2.45) is 0 Å². The minimum absolute atomic E-state index is 0.0391. The van der Waals surface area contributed by atoms with Crippen molar-refractivity contribution in [1.82, 2.24) is 20.0 Å². The highest BCUT2D eigenvalue weighted by Crippen LogP contribution is 2.29. The fourth-order valence-corrected chi connectivity index (χ4v) is 4.73. The molecule has 1 unspecified atom stereocenters. The Morgan fingerprint density at radius 1 is 1.26 bits per heavy atom. The Labute approximate surface area is 164 Å². The lowest BCUT2D eigenvalue weighted by molar-refractivity contribution is 0.456. The molecule has 0 radical (unpaired) electrons. The van der Waals surface area contributed by atoms with E-state index in [9.17, 15) is 4.79 Å². The van der Waals surface area contributed by atoms with E-state index in [1.54, 1.807) is 10.7 Å². The molecule has 0 amide bonds. The van der Waals surface area contributed by atoms with Gasteiger partial charge in [-0.15, -0.1) is 5.10 Å². The molecule has 7 heteroatoms. The van der Waals surface area contributed by atoms with Crippen LogP contribution in [0.15, 0.2) is 23.0 Å². The van der Waals surface area contributed by atoms with E-state index < -0.39 is 0 Å². The predicted molar refractivity (Wildman–Crippen MR) is 109 cm³/mol. The van der Waals surface area contributed by atoms with Crippen molar-refractivity contribution in [1.29, 1.82) is 0 Å². The number of fused-ring (bicyclic) bond motifs is 1. The predicted octanol–water partition coefficient (Wildman–Crippen LogP) is 2.79. The van der Waals surface area contributed by atoms with Gasteiger partial charge >= 0.3 is 0 Å². The summed E-state index contributed by atoms with van der Waals surface area (Å²) < 4.78 is 1.63.